The lowest BCUT2D eigenvalue weighted by molar-refractivity contribution is -0.123. The molecule has 3 rings (SSSR count). The van der Waals surface area contributed by atoms with Crippen LogP contribution < -0.4 is 5.32 Å². The molecule has 1 aromatic heterocycles. The maximum Gasteiger partial charge on any atom is 0.252 e. The van der Waals surface area contributed by atoms with Crippen LogP contribution in [0.2, 0.25) is 18.6 Å². The van der Waals surface area contributed by atoms with E-state index in [9.17, 15) is 14.7 Å². The Morgan fingerprint density at radius 1 is 1.21 bits per heavy atom. The van der Waals surface area contributed by atoms with Crippen molar-refractivity contribution in [1.82, 2.24) is 15.0 Å². The van der Waals surface area contributed by atoms with Gasteiger partial charge < -0.3 is 25.1 Å². The SMILES string of the molecule is C[C@H]1[C@H]([Si](C)(C)O)[C@@H](CCn2cc(CCO)nn2)O[C@H]1CCc1ccc(NC(=O)[C@H](C)O)cc1. The van der Waals surface area contributed by atoms with Gasteiger partial charge >= 0.3 is 0 Å². The molecule has 2 heterocycles. The highest BCUT2D eigenvalue weighted by atomic mass is 28.4. The van der Waals surface area contributed by atoms with Gasteiger partial charge in [0.15, 0.2) is 8.32 Å². The molecule has 0 bridgehead atoms. The molecule has 1 saturated heterocycles. The van der Waals surface area contributed by atoms with Crippen LogP contribution >= 0.6 is 0 Å². The second-order valence-corrected chi connectivity index (χ2v) is 13.9. The lowest BCUT2D eigenvalue weighted by Gasteiger charge is -2.30. The molecule has 5 atom stereocenters. The van der Waals surface area contributed by atoms with Crippen LogP contribution in [0.15, 0.2) is 30.5 Å². The van der Waals surface area contributed by atoms with E-state index in [2.05, 4.69) is 22.6 Å². The zero-order valence-electron chi connectivity index (χ0n) is 20.5. The van der Waals surface area contributed by atoms with Gasteiger partial charge in [-0.15, -0.1) is 5.10 Å². The maximum atomic E-state index is 11.6. The molecule has 4 N–H and O–H groups in total. The molecule has 10 heteroatoms. The van der Waals surface area contributed by atoms with Crippen molar-refractivity contribution in [2.75, 3.05) is 11.9 Å². The summed E-state index contributed by atoms with van der Waals surface area (Å²) in [4.78, 5) is 22.7. The average Bonchev–Trinajstić information content (AvgIpc) is 3.35. The van der Waals surface area contributed by atoms with Crippen LogP contribution in [0.5, 0.6) is 0 Å². The maximum absolute atomic E-state index is 11.6. The van der Waals surface area contributed by atoms with Gasteiger partial charge in [0.25, 0.3) is 5.91 Å². The number of amides is 1. The number of aryl methyl sites for hydroxylation is 2. The van der Waals surface area contributed by atoms with Crippen LogP contribution in [0.3, 0.4) is 0 Å². The highest BCUT2D eigenvalue weighted by Crippen LogP contribution is 2.45. The molecule has 2 aromatic rings. The summed E-state index contributed by atoms with van der Waals surface area (Å²) in [5.41, 5.74) is 2.70. The fourth-order valence-electron chi connectivity index (χ4n) is 4.93. The zero-order valence-corrected chi connectivity index (χ0v) is 21.5. The molecule has 0 spiro atoms. The predicted molar refractivity (Wildman–Crippen MR) is 132 cm³/mol. The second-order valence-electron chi connectivity index (χ2n) is 9.89. The molecule has 1 amide bonds. The van der Waals surface area contributed by atoms with E-state index in [1.807, 2.05) is 43.6 Å². The van der Waals surface area contributed by atoms with Gasteiger partial charge in [-0.1, -0.05) is 24.3 Å². The number of aromatic nitrogens is 3. The van der Waals surface area contributed by atoms with Gasteiger partial charge in [-0.3, -0.25) is 9.48 Å². The molecule has 1 fully saturated rings. The molecular weight excluding hydrogens is 452 g/mol. The van der Waals surface area contributed by atoms with Crippen molar-refractivity contribution < 1.29 is 24.5 Å². The minimum Gasteiger partial charge on any atom is -0.432 e. The Balaban J connectivity index is 1.58. The smallest absolute Gasteiger partial charge is 0.252 e. The molecule has 0 unspecified atom stereocenters. The minimum atomic E-state index is -2.44. The van der Waals surface area contributed by atoms with Gasteiger partial charge in [0.2, 0.25) is 0 Å². The Morgan fingerprint density at radius 2 is 1.91 bits per heavy atom. The fraction of sp³-hybridized carbons (Fsp3) is 0.625. The number of benzene rings is 1. The third-order valence-electron chi connectivity index (χ3n) is 6.63. The van der Waals surface area contributed by atoms with Gasteiger partial charge in [-0.05, 0) is 62.9 Å². The van der Waals surface area contributed by atoms with E-state index in [1.165, 1.54) is 6.92 Å². The summed E-state index contributed by atoms with van der Waals surface area (Å²) in [6.45, 7) is 8.30. The van der Waals surface area contributed by atoms with Crippen LogP contribution in [0.4, 0.5) is 5.69 Å². The van der Waals surface area contributed by atoms with Crippen molar-refractivity contribution in [3.05, 3.63) is 41.7 Å². The number of anilines is 1. The first-order valence-electron chi connectivity index (χ1n) is 12.0. The number of ether oxygens (including phenoxy) is 1. The summed E-state index contributed by atoms with van der Waals surface area (Å²) >= 11 is 0. The van der Waals surface area contributed by atoms with E-state index < -0.39 is 20.3 Å². The summed E-state index contributed by atoms with van der Waals surface area (Å²) in [7, 11) is -2.44. The number of carbonyl (C=O) groups excluding carboxylic acids is 1. The van der Waals surface area contributed by atoms with Crippen LogP contribution in [0.1, 0.15) is 37.9 Å². The molecule has 0 saturated carbocycles. The number of hydrogen-bond acceptors (Lipinski definition) is 7. The van der Waals surface area contributed by atoms with Crippen molar-refractivity contribution in [3.8, 4) is 0 Å². The lowest BCUT2D eigenvalue weighted by atomic mass is 9.95. The highest BCUT2D eigenvalue weighted by Gasteiger charge is 2.49. The molecule has 188 valence electrons. The summed E-state index contributed by atoms with van der Waals surface area (Å²) < 4.78 is 8.29. The van der Waals surface area contributed by atoms with E-state index in [0.29, 0.717) is 18.7 Å². The van der Waals surface area contributed by atoms with Crippen molar-refractivity contribution in [2.45, 2.75) is 83.0 Å². The quantitative estimate of drug-likeness (QED) is 0.355. The van der Waals surface area contributed by atoms with Crippen molar-refractivity contribution in [1.29, 1.82) is 0 Å². The number of nitrogens with one attached hydrogen (secondary N) is 1. The Hall–Kier alpha value is -2.11. The number of aliphatic hydroxyl groups excluding tert-OH is 2. The molecule has 0 aliphatic carbocycles. The molecule has 1 aromatic carbocycles. The first-order valence-corrected chi connectivity index (χ1v) is 15.1. The van der Waals surface area contributed by atoms with Crippen molar-refractivity contribution >= 4 is 19.9 Å². The summed E-state index contributed by atoms with van der Waals surface area (Å²) in [5, 5.41) is 29.3. The number of aliphatic hydroxyl groups is 2. The highest BCUT2D eigenvalue weighted by molar-refractivity contribution is 6.71. The number of hydrogen-bond donors (Lipinski definition) is 4. The van der Waals surface area contributed by atoms with Gasteiger partial charge in [-0.25, -0.2) is 0 Å². The molecular formula is C24H38N4O5Si. The van der Waals surface area contributed by atoms with E-state index >= 15 is 0 Å². The normalized spacial score (nSPS) is 23.7. The number of nitrogens with zero attached hydrogens (tertiary/aromatic N) is 3. The van der Waals surface area contributed by atoms with E-state index in [-0.39, 0.29) is 30.3 Å². The van der Waals surface area contributed by atoms with E-state index in [4.69, 9.17) is 9.84 Å². The zero-order chi connectivity index (χ0) is 24.9. The minimum absolute atomic E-state index is 0.0322. The summed E-state index contributed by atoms with van der Waals surface area (Å²) in [6.07, 6.45) is 3.76. The van der Waals surface area contributed by atoms with Crippen molar-refractivity contribution in [3.63, 3.8) is 0 Å². The van der Waals surface area contributed by atoms with E-state index in [0.717, 1.165) is 30.5 Å². The van der Waals surface area contributed by atoms with Gasteiger partial charge in [-0.2, -0.15) is 0 Å². The largest absolute Gasteiger partial charge is 0.432 e. The number of rotatable bonds is 11. The average molecular weight is 491 g/mol. The molecule has 1 aliphatic heterocycles. The molecule has 9 nitrogen and oxygen atoms in total. The first kappa shape index (κ1) is 26.5. The first-order chi connectivity index (χ1) is 16.1. The third kappa shape index (κ3) is 6.95. The monoisotopic (exact) mass is 490 g/mol. The van der Waals surface area contributed by atoms with Crippen LogP contribution in [-0.4, -0.2) is 69.1 Å². The Kier molecular flexibility index (Phi) is 8.99. The standard InChI is InChI=1S/C24H38N4O5Si/c1-16-21(10-7-18-5-8-19(9-6-18)25-24(31)17(2)30)33-22(23(16)34(3,4)32)11-13-28-15-20(12-14-29)26-27-28/h5-6,8-9,15-17,21-23,29-30,32H,7,10-14H2,1-4H3,(H,25,31)/t16-,17+,21+,22-,23+/m1/s1. The van der Waals surface area contributed by atoms with Gasteiger partial charge in [0.1, 0.15) is 6.10 Å². The number of carbonyl (C=O) groups is 1. The Bertz CT molecular complexity index is 928. The van der Waals surface area contributed by atoms with E-state index in [1.54, 1.807) is 4.68 Å². The topological polar surface area (TPSA) is 130 Å². The van der Waals surface area contributed by atoms with Crippen LogP contribution in [0, 0.1) is 5.92 Å². The van der Waals surface area contributed by atoms with Crippen LogP contribution in [-0.2, 0) is 28.9 Å². The Labute approximate surface area is 202 Å². The Morgan fingerprint density at radius 3 is 2.53 bits per heavy atom. The lowest BCUT2D eigenvalue weighted by Crippen LogP contribution is -2.40. The molecule has 0 radical (unpaired) electrons. The van der Waals surface area contributed by atoms with Crippen molar-refractivity contribution in [2.24, 2.45) is 5.92 Å². The second kappa shape index (κ2) is 11.5. The summed E-state index contributed by atoms with van der Waals surface area (Å²) in [5.74, 6) is -0.175. The molecule has 1 aliphatic rings. The van der Waals surface area contributed by atoms with Gasteiger partial charge in [0.05, 0.1) is 17.9 Å². The fourth-order valence-corrected chi connectivity index (χ4v) is 7.58. The molecule has 34 heavy (non-hydrogen) atoms. The third-order valence-corrected chi connectivity index (χ3v) is 9.16. The van der Waals surface area contributed by atoms with Crippen LogP contribution in [0.25, 0.3) is 0 Å². The predicted octanol–water partition coefficient (Wildman–Crippen LogP) is 2.13. The summed E-state index contributed by atoms with van der Waals surface area (Å²) in [6, 6.07) is 7.64. The van der Waals surface area contributed by atoms with Gasteiger partial charge in [0, 0.05) is 37.0 Å².